The predicted octanol–water partition coefficient (Wildman–Crippen LogP) is 3.19. The van der Waals surface area contributed by atoms with Crippen molar-refractivity contribution >= 4 is 17.5 Å². The monoisotopic (exact) mass is 381 g/mol. The van der Waals surface area contributed by atoms with Gasteiger partial charge in [-0.05, 0) is 49.7 Å². The van der Waals surface area contributed by atoms with Gasteiger partial charge < -0.3 is 19.9 Å². The molecule has 0 aliphatic carbocycles. The quantitative estimate of drug-likeness (QED) is 0.591. The summed E-state index contributed by atoms with van der Waals surface area (Å²) in [6, 6.07) is 17.3. The van der Waals surface area contributed by atoms with Gasteiger partial charge in [0.2, 0.25) is 0 Å². The Morgan fingerprint density at radius 2 is 1.64 bits per heavy atom. The molecule has 0 aromatic heterocycles. The number of Topliss-reactive ketones (excluding diaryl/α,β-unsaturated/α-hetero) is 1. The van der Waals surface area contributed by atoms with E-state index in [-0.39, 0.29) is 11.8 Å². The first-order valence-corrected chi connectivity index (χ1v) is 9.70. The molecule has 2 aromatic carbocycles. The summed E-state index contributed by atoms with van der Waals surface area (Å²) in [5.74, 6) is 0.920. The minimum absolute atomic E-state index is 0.0220. The number of urea groups is 1. The molecule has 28 heavy (non-hydrogen) atoms. The van der Waals surface area contributed by atoms with Crippen LogP contribution in [0.15, 0.2) is 54.6 Å². The molecule has 1 aliphatic rings. The van der Waals surface area contributed by atoms with Crippen LogP contribution in [0.4, 0.5) is 10.5 Å². The first-order valence-electron chi connectivity index (χ1n) is 9.70. The van der Waals surface area contributed by atoms with Gasteiger partial charge in [0.1, 0.15) is 5.75 Å². The third kappa shape index (κ3) is 5.49. The number of piperazine rings is 1. The number of benzene rings is 2. The molecule has 2 aromatic rings. The van der Waals surface area contributed by atoms with Crippen LogP contribution in [0.2, 0.25) is 0 Å². The Bertz CT molecular complexity index is 769. The highest BCUT2D eigenvalue weighted by Crippen LogP contribution is 2.17. The number of rotatable bonds is 7. The molecule has 1 N–H and O–H groups in total. The normalized spacial score (nSPS) is 13.9. The van der Waals surface area contributed by atoms with Gasteiger partial charge in [0.25, 0.3) is 0 Å². The molecule has 1 aliphatic heterocycles. The van der Waals surface area contributed by atoms with E-state index in [1.807, 2.05) is 59.5 Å². The molecule has 0 radical (unpaired) electrons. The van der Waals surface area contributed by atoms with Gasteiger partial charge in [0.05, 0.1) is 6.61 Å². The molecule has 0 spiro atoms. The first kappa shape index (κ1) is 19.7. The molecular formula is C22H27N3O3. The molecule has 6 heteroatoms. The predicted molar refractivity (Wildman–Crippen MR) is 110 cm³/mol. The molecule has 1 heterocycles. The number of hydrogen-bond acceptors (Lipinski definition) is 4. The van der Waals surface area contributed by atoms with Crippen molar-refractivity contribution in [2.24, 2.45) is 0 Å². The average Bonchev–Trinajstić information content (AvgIpc) is 2.74. The van der Waals surface area contributed by atoms with Crippen molar-refractivity contribution in [3.05, 3.63) is 60.2 Å². The number of ketones is 1. The van der Waals surface area contributed by atoms with E-state index >= 15 is 0 Å². The van der Waals surface area contributed by atoms with E-state index in [4.69, 9.17) is 4.74 Å². The number of ether oxygens (including phenoxy) is 1. The van der Waals surface area contributed by atoms with Gasteiger partial charge in [-0.15, -0.1) is 0 Å². The Balaban J connectivity index is 1.35. The Morgan fingerprint density at radius 3 is 2.29 bits per heavy atom. The van der Waals surface area contributed by atoms with Crippen LogP contribution < -0.4 is 15.0 Å². The van der Waals surface area contributed by atoms with E-state index in [0.29, 0.717) is 26.2 Å². The van der Waals surface area contributed by atoms with Crippen molar-refractivity contribution in [2.75, 3.05) is 44.2 Å². The fourth-order valence-electron chi connectivity index (χ4n) is 3.16. The van der Waals surface area contributed by atoms with E-state index in [9.17, 15) is 9.59 Å². The van der Waals surface area contributed by atoms with Crippen molar-refractivity contribution in [1.82, 2.24) is 10.2 Å². The van der Waals surface area contributed by atoms with E-state index in [0.717, 1.165) is 36.5 Å². The summed E-state index contributed by atoms with van der Waals surface area (Å²) in [4.78, 5) is 27.8. The second-order valence-corrected chi connectivity index (χ2v) is 6.82. The Hall–Kier alpha value is -3.02. The van der Waals surface area contributed by atoms with Crippen LogP contribution in [0.3, 0.4) is 0 Å². The van der Waals surface area contributed by atoms with Crippen LogP contribution in [0, 0.1) is 0 Å². The van der Waals surface area contributed by atoms with Gasteiger partial charge in [0, 0.05) is 44.0 Å². The number of amides is 2. The number of carbonyl (C=O) groups is 2. The van der Waals surface area contributed by atoms with Crippen molar-refractivity contribution in [3.63, 3.8) is 0 Å². The molecule has 1 fully saturated rings. The summed E-state index contributed by atoms with van der Waals surface area (Å²) in [5.41, 5.74) is 1.81. The zero-order valence-electron chi connectivity index (χ0n) is 16.3. The van der Waals surface area contributed by atoms with Crippen LogP contribution in [0.1, 0.15) is 23.7 Å². The molecule has 2 amide bonds. The van der Waals surface area contributed by atoms with Gasteiger partial charge >= 0.3 is 6.03 Å². The van der Waals surface area contributed by atoms with Crippen LogP contribution in [0.5, 0.6) is 5.75 Å². The summed E-state index contributed by atoms with van der Waals surface area (Å²) >= 11 is 0. The number of anilines is 1. The number of nitrogens with zero attached hydrogens (tertiary/aromatic N) is 2. The maximum absolute atomic E-state index is 12.3. The third-order valence-electron chi connectivity index (χ3n) is 4.82. The van der Waals surface area contributed by atoms with Crippen LogP contribution in [-0.2, 0) is 0 Å². The van der Waals surface area contributed by atoms with Gasteiger partial charge in [-0.1, -0.05) is 18.2 Å². The standard InChI is InChI=1S/C22H27N3O3/c1-18(26)19-8-10-20(11-9-19)24-13-15-25(16-14-24)22(27)23-12-5-17-28-21-6-3-2-4-7-21/h2-4,6-11H,5,12-17H2,1H3,(H,23,27). The largest absolute Gasteiger partial charge is 0.494 e. The second kappa shape index (κ2) is 9.78. The van der Waals surface area contributed by atoms with Gasteiger partial charge in [-0.25, -0.2) is 4.79 Å². The maximum atomic E-state index is 12.3. The van der Waals surface area contributed by atoms with Gasteiger partial charge in [-0.2, -0.15) is 0 Å². The molecule has 0 unspecified atom stereocenters. The average molecular weight is 381 g/mol. The lowest BCUT2D eigenvalue weighted by molar-refractivity contribution is 0.101. The molecule has 0 atom stereocenters. The smallest absolute Gasteiger partial charge is 0.317 e. The SMILES string of the molecule is CC(=O)c1ccc(N2CCN(C(=O)NCCCOc3ccccc3)CC2)cc1. The Labute approximate surface area is 166 Å². The summed E-state index contributed by atoms with van der Waals surface area (Å²) in [5, 5.41) is 2.96. The van der Waals surface area contributed by atoms with E-state index < -0.39 is 0 Å². The highest BCUT2D eigenvalue weighted by molar-refractivity contribution is 5.94. The second-order valence-electron chi connectivity index (χ2n) is 6.82. The van der Waals surface area contributed by atoms with E-state index in [1.54, 1.807) is 6.92 Å². The maximum Gasteiger partial charge on any atom is 0.317 e. The molecule has 6 nitrogen and oxygen atoms in total. The lowest BCUT2D eigenvalue weighted by Gasteiger charge is -2.36. The molecule has 148 valence electrons. The Kier molecular flexibility index (Phi) is 6.89. The van der Waals surface area contributed by atoms with Crippen molar-refractivity contribution < 1.29 is 14.3 Å². The summed E-state index contributed by atoms with van der Waals surface area (Å²) in [6.45, 7) is 5.67. The van der Waals surface area contributed by atoms with Crippen LogP contribution in [0.25, 0.3) is 0 Å². The number of para-hydroxylation sites is 1. The minimum atomic E-state index is -0.0220. The van der Waals surface area contributed by atoms with Crippen LogP contribution >= 0.6 is 0 Å². The zero-order chi connectivity index (χ0) is 19.8. The fourth-order valence-corrected chi connectivity index (χ4v) is 3.16. The Morgan fingerprint density at radius 1 is 0.964 bits per heavy atom. The topological polar surface area (TPSA) is 61.9 Å². The lowest BCUT2D eigenvalue weighted by Crippen LogP contribution is -2.52. The molecule has 0 bridgehead atoms. The number of carbonyl (C=O) groups excluding carboxylic acids is 2. The molecule has 0 saturated carbocycles. The van der Waals surface area contributed by atoms with Crippen molar-refractivity contribution in [1.29, 1.82) is 0 Å². The highest BCUT2D eigenvalue weighted by Gasteiger charge is 2.21. The van der Waals surface area contributed by atoms with Crippen molar-refractivity contribution in [2.45, 2.75) is 13.3 Å². The summed E-state index contributed by atoms with van der Waals surface area (Å²) in [7, 11) is 0. The van der Waals surface area contributed by atoms with E-state index in [1.165, 1.54) is 0 Å². The van der Waals surface area contributed by atoms with Gasteiger partial charge in [-0.3, -0.25) is 4.79 Å². The van der Waals surface area contributed by atoms with E-state index in [2.05, 4.69) is 10.2 Å². The van der Waals surface area contributed by atoms with Gasteiger partial charge in [0.15, 0.2) is 5.78 Å². The minimum Gasteiger partial charge on any atom is -0.494 e. The first-order chi connectivity index (χ1) is 13.6. The molecule has 3 rings (SSSR count). The summed E-state index contributed by atoms with van der Waals surface area (Å²) < 4.78 is 5.63. The number of nitrogens with one attached hydrogen (secondary N) is 1. The summed E-state index contributed by atoms with van der Waals surface area (Å²) in [6.07, 6.45) is 0.767. The fraction of sp³-hybridized carbons (Fsp3) is 0.364. The number of hydrogen-bond donors (Lipinski definition) is 1. The van der Waals surface area contributed by atoms with Crippen LogP contribution in [-0.4, -0.2) is 56.0 Å². The third-order valence-corrected chi connectivity index (χ3v) is 4.82. The highest BCUT2D eigenvalue weighted by atomic mass is 16.5. The lowest BCUT2D eigenvalue weighted by atomic mass is 10.1. The van der Waals surface area contributed by atoms with Crippen molar-refractivity contribution in [3.8, 4) is 5.75 Å². The zero-order valence-corrected chi connectivity index (χ0v) is 16.3. The molecular weight excluding hydrogens is 354 g/mol. The molecule has 1 saturated heterocycles.